The Balaban J connectivity index is 1.70. The molecular formula is C25H34N4O5S. The number of pyridine rings is 1. The fraction of sp³-hybridized carbons (Fsp3) is 0.520. The maximum Gasteiger partial charge on any atom is 0.270 e. The number of Topliss-reactive ketones (excluding diaryl/α,β-unsaturated/α-hetero) is 1. The summed E-state index contributed by atoms with van der Waals surface area (Å²) in [6, 6.07) is 9.20. The molecule has 1 aliphatic heterocycles. The maximum atomic E-state index is 13.1. The van der Waals surface area contributed by atoms with Crippen molar-refractivity contribution < 1.29 is 22.8 Å². The van der Waals surface area contributed by atoms with Gasteiger partial charge in [-0.3, -0.25) is 14.4 Å². The first-order chi connectivity index (χ1) is 16.6. The van der Waals surface area contributed by atoms with E-state index in [2.05, 4.69) is 15.6 Å². The topological polar surface area (TPSA) is 126 Å². The van der Waals surface area contributed by atoms with E-state index in [1.54, 1.807) is 19.1 Å². The molecule has 2 amide bonds. The van der Waals surface area contributed by atoms with Gasteiger partial charge in [0.15, 0.2) is 5.78 Å². The molecule has 2 N–H and O–H groups in total. The van der Waals surface area contributed by atoms with Crippen LogP contribution >= 0.6 is 0 Å². The molecule has 2 aromatic rings. The molecule has 3 rings (SSSR count). The van der Waals surface area contributed by atoms with Crippen molar-refractivity contribution in [3.63, 3.8) is 0 Å². The molecule has 35 heavy (non-hydrogen) atoms. The Morgan fingerprint density at radius 1 is 1.17 bits per heavy atom. The van der Waals surface area contributed by atoms with E-state index in [0.717, 1.165) is 5.39 Å². The van der Waals surface area contributed by atoms with Crippen LogP contribution < -0.4 is 10.6 Å². The van der Waals surface area contributed by atoms with E-state index >= 15 is 0 Å². The standard InChI is InChI=1S/C25H34N4O5S/c1-4-14-35(33,34)29-13-7-10-20(23(30)16-29)27-25(32)22(15-17(2)3)28-24(31)21-12-11-18-8-5-6-9-19(18)26-21/h5-6,8-9,11-12,17,20,22H,4,7,10,13-16H2,1-3H3,(H,27,32)(H,28,31)/t20-,22?/m0/s1. The van der Waals surface area contributed by atoms with Crippen LogP contribution in [-0.4, -0.2) is 66.2 Å². The molecule has 1 fully saturated rings. The molecule has 9 nitrogen and oxygen atoms in total. The molecule has 190 valence electrons. The summed E-state index contributed by atoms with van der Waals surface area (Å²) in [6.07, 6.45) is 1.65. The highest BCUT2D eigenvalue weighted by molar-refractivity contribution is 7.89. The number of para-hydroxylation sites is 1. The quantitative estimate of drug-likeness (QED) is 0.542. The Kier molecular flexibility index (Phi) is 8.96. The van der Waals surface area contributed by atoms with Crippen LogP contribution in [0.2, 0.25) is 0 Å². The lowest BCUT2D eigenvalue weighted by molar-refractivity contribution is -0.129. The molecule has 0 radical (unpaired) electrons. The highest BCUT2D eigenvalue weighted by Crippen LogP contribution is 2.15. The van der Waals surface area contributed by atoms with Crippen molar-refractivity contribution in [2.24, 2.45) is 5.92 Å². The van der Waals surface area contributed by atoms with Gasteiger partial charge in [0.1, 0.15) is 11.7 Å². The third-order valence-corrected chi connectivity index (χ3v) is 7.98. The molecule has 1 unspecified atom stereocenters. The van der Waals surface area contributed by atoms with Gasteiger partial charge in [0.25, 0.3) is 5.91 Å². The van der Waals surface area contributed by atoms with Crippen molar-refractivity contribution in [1.82, 2.24) is 19.9 Å². The van der Waals surface area contributed by atoms with Crippen LogP contribution in [0.15, 0.2) is 36.4 Å². The number of hydrogen-bond donors (Lipinski definition) is 2. The highest BCUT2D eigenvalue weighted by Gasteiger charge is 2.33. The number of carbonyl (C=O) groups is 3. The predicted molar refractivity (Wildman–Crippen MR) is 134 cm³/mol. The average molecular weight is 503 g/mol. The monoisotopic (exact) mass is 502 g/mol. The SMILES string of the molecule is CCCS(=O)(=O)N1CCC[C@H](NC(=O)C(CC(C)C)NC(=O)c2ccc3ccccc3n2)C(=O)C1. The van der Waals surface area contributed by atoms with Crippen LogP contribution in [0.5, 0.6) is 0 Å². The van der Waals surface area contributed by atoms with Gasteiger partial charge in [-0.15, -0.1) is 0 Å². The highest BCUT2D eigenvalue weighted by atomic mass is 32.2. The molecule has 2 heterocycles. The van der Waals surface area contributed by atoms with Crippen molar-refractivity contribution in [3.8, 4) is 0 Å². The summed E-state index contributed by atoms with van der Waals surface area (Å²) < 4.78 is 26.0. The van der Waals surface area contributed by atoms with E-state index in [9.17, 15) is 22.8 Å². The summed E-state index contributed by atoms with van der Waals surface area (Å²) in [7, 11) is -3.50. The first-order valence-corrected chi connectivity index (χ1v) is 13.7. The summed E-state index contributed by atoms with van der Waals surface area (Å²) in [5.74, 6) is -1.18. The van der Waals surface area contributed by atoms with Crippen molar-refractivity contribution >= 4 is 38.5 Å². The van der Waals surface area contributed by atoms with E-state index in [-0.39, 0.29) is 36.2 Å². The van der Waals surface area contributed by atoms with Crippen molar-refractivity contribution in [1.29, 1.82) is 0 Å². The van der Waals surface area contributed by atoms with Gasteiger partial charge >= 0.3 is 0 Å². The van der Waals surface area contributed by atoms with Crippen LogP contribution in [0.25, 0.3) is 10.9 Å². The van der Waals surface area contributed by atoms with E-state index in [1.807, 2.05) is 38.1 Å². The second-order valence-electron chi connectivity index (χ2n) is 9.36. The summed E-state index contributed by atoms with van der Waals surface area (Å²) in [6.45, 7) is 5.65. The van der Waals surface area contributed by atoms with Gasteiger partial charge in [-0.1, -0.05) is 45.0 Å². The zero-order valence-electron chi connectivity index (χ0n) is 20.5. The van der Waals surface area contributed by atoms with E-state index in [4.69, 9.17) is 0 Å². The van der Waals surface area contributed by atoms with Crippen LogP contribution in [0.4, 0.5) is 0 Å². The van der Waals surface area contributed by atoms with E-state index in [1.165, 1.54) is 4.31 Å². The number of nitrogens with zero attached hydrogens (tertiary/aromatic N) is 2. The number of fused-ring (bicyclic) bond motifs is 1. The summed E-state index contributed by atoms with van der Waals surface area (Å²) in [5, 5.41) is 6.43. The zero-order valence-corrected chi connectivity index (χ0v) is 21.3. The minimum atomic E-state index is -3.50. The van der Waals surface area contributed by atoms with Gasteiger partial charge in [0.05, 0.1) is 23.9 Å². The maximum absolute atomic E-state index is 13.1. The molecule has 10 heteroatoms. The molecule has 0 bridgehead atoms. The van der Waals surface area contributed by atoms with Crippen LogP contribution in [0, 0.1) is 5.92 Å². The van der Waals surface area contributed by atoms with Gasteiger partial charge in [0, 0.05) is 11.9 Å². The Morgan fingerprint density at radius 3 is 2.63 bits per heavy atom. The second-order valence-corrected chi connectivity index (χ2v) is 11.5. The van der Waals surface area contributed by atoms with Crippen molar-refractivity contribution in [2.45, 2.75) is 58.5 Å². The van der Waals surface area contributed by atoms with Gasteiger partial charge < -0.3 is 10.6 Å². The third kappa shape index (κ3) is 7.08. The average Bonchev–Trinajstić information content (AvgIpc) is 2.99. The predicted octanol–water partition coefficient (Wildman–Crippen LogP) is 2.27. The van der Waals surface area contributed by atoms with E-state index in [0.29, 0.717) is 31.2 Å². The first-order valence-electron chi connectivity index (χ1n) is 12.1. The van der Waals surface area contributed by atoms with Crippen LogP contribution in [0.3, 0.4) is 0 Å². The number of amides is 2. The Labute approximate surface area is 206 Å². The smallest absolute Gasteiger partial charge is 0.270 e. The Hall–Kier alpha value is -2.85. The number of rotatable bonds is 9. The first kappa shape index (κ1) is 26.7. The molecule has 1 aromatic heterocycles. The Bertz CT molecular complexity index is 1180. The molecule has 2 atom stereocenters. The number of sulfonamides is 1. The van der Waals surface area contributed by atoms with Gasteiger partial charge in [-0.25, -0.2) is 13.4 Å². The molecular weight excluding hydrogens is 468 g/mol. The number of benzene rings is 1. The lowest BCUT2D eigenvalue weighted by Gasteiger charge is -2.23. The summed E-state index contributed by atoms with van der Waals surface area (Å²) in [5.41, 5.74) is 0.879. The molecule has 0 saturated carbocycles. The minimum Gasteiger partial charge on any atom is -0.344 e. The van der Waals surface area contributed by atoms with Gasteiger partial charge in [-0.05, 0) is 43.7 Å². The zero-order chi connectivity index (χ0) is 25.6. The normalized spacial score (nSPS) is 18.3. The van der Waals surface area contributed by atoms with Crippen LogP contribution in [-0.2, 0) is 19.6 Å². The summed E-state index contributed by atoms with van der Waals surface area (Å²) in [4.78, 5) is 43.3. The lowest BCUT2D eigenvalue weighted by atomic mass is 10.0. The fourth-order valence-electron chi connectivity index (χ4n) is 4.17. The largest absolute Gasteiger partial charge is 0.344 e. The number of carbonyl (C=O) groups excluding carboxylic acids is 3. The molecule has 1 aromatic carbocycles. The summed E-state index contributed by atoms with van der Waals surface area (Å²) >= 11 is 0. The third-order valence-electron chi connectivity index (χ3n) is 5.95. The lowest BCUT2D eigenvalue weighted by Crippen LogP contribution is -2.52. The second kappa shape index (κ2) is 11.7. The number of hydrogen-bond acceptors (Lipinski definition) is 6. The fourth-order valence-corrected chi connectivity index (χ4v) is 5.68. The molecule has 1 saturated heterocycles. The van der Waals surface area contributed by atoms with Gasteiger partial charge in [-0.2, -0.15) is 4.31 Å². The number of aromatic nitrogens is 1. The number of ketones is 1. The van der Waals surface area contributed by atoms with Gasteiger partial charge in [0.2, 0.25) is 15.9 Å². The number of nitrogens with one attached hydrogen (secondary N) is 2. The van der Waals surface area contributed by atoms with Crippen molar-refractivity contribution in [3.05, 3.63) is 42.1 Å². The molecule has 0 spiro atoms. The van der Waals surface area contributed by atoms with E-state index < -0.39 is 33.9 Å². The van der Waals surface area contributed by atoms with Crippen molar-refractivity contribution in [2.75, 3.05) is 18.8 Å². The Morgan fingerprint density at radius 2 is 1.91 bits per heavy atom. The molecule has 1 aliphatic rings. The molecule has 0 aliphatic carbocycles. The minimum absolute atomic E-state index is 0.0113. The van der Waals surface area contributed by atoms with Crippen LogP contribution in [0.1, 0.15) is 56.9 Å².